The van der Waals surface area contributed by atoms with E-state index in [1.165, 1.54) is 21.4 Å². The number of aryl methyl sites for hydroxylation is 1. The van der Waals surface area contributed by atoms with Crippen LogP contribution in [-0.2, 0) is 23.2 Å². The van der Waals surface area contributed by atoms with E-state index in [1.807, 2.05) is 19.0 Å². The Balaban J connectivity index is 1.51. The maximum Gasteiger partial charge on any atom is 0.421 e. The predicted molar refractivity (Wildman–Crippen MR) is 134 cm³/mol. The summed E-state index contributed by atoms with van der Waals surface area (Å²) in [4.78, 5) is 12.3. The summed E-state index contributed by atoms with van der Waals surface area (Å²) in [7, 11) is 1.80. The van der Waals surface area contributed by atoms with Crippen molar-refractivity contribution < 1.29 is 21.6 Å². The average Bonchev–Trinajstić information content (AvgIpc) is 3.51. The number of nitrogens with one attached hydrogen (secondary N) is 1. The molecule has 2 aromatic heterocycles. The first-order chi connectivity index (χ1) is 17.4. The Morgan fingerprint density at radius 2 is 1.76 bits per heavy atom. The van der Waals surface area contributed by atoms with E-state index < -0.39 is 21.8 Å². The van der Waals surface area contributed by atoms with Crippen molar-refractivity contribution in [2.75, 3.05) is 50.5 Å². The third-order valence-corrected chi connectivity index (χ3v) is 8.86. The number of aromatic nitrogens is 4. The van der Waals surface area contributed by atoms with Crippen molar-refractivity contribution >= 4 is 21.8 Å². The normalized spacial score (nSPS) is 18.6. The van der Waals surface area contributed by atoms with Gasteiger partial charge < -0.3 is 15.1 Å². The highest BCUT2D eigenvalue weighted by Crippen LogP contribution is 2.38. The molecule has 14 heteroatoms. The molecule has 37 heavy (non-hydrogen) atoms. The first kappa shape index (κ1) is 27.6. The molecule has 0 unspecified atom stereocenters. The highest BCUT2D eigenvalue weighted by molar-refractivity contribution is 7.89. The topological polar surface area (TPSA) is 99.5 Å². The minimum Gasteiger partial charge on any atom is -0.352 e. The lowest BCUT2D eigenvalue weighted by Crippen LogP contribution is -2.43. The smallest absolute Gasteiger partial charge is 0.352 e. The number of hydrogen-bond acceptors (Lipinski definition) is 8. The van der Waals surface area contributed by atoms with E-state index in [0.29, 0.717) is 25.9 Å². The number of hydrogen-bond donors (Lipinski definition) is 1. The maximum atomic E-state index is 14.0. The molecule has 10 nitrogen and oxygen atoms in total. The molecule has 0 atom stereocenters. The Morgan fingerprint density at radius 1 is 1.08 bits per heavy atom. The molecule has 1 aliphatic heterocycles. The predicted octanol–water partition coefficient (Wildman–Crippen LogP) is 2.80. The van der Waals surface area contributed by atoms with Gasteiger partial charge in [-0.2, -0.15) is 27.6 Å². The quantitative estimate of drug-likeness (QED) is 0.515. The van der Waals surface area contributed by atoms with Crippen LogP contribution in [0.15, 0.2) is 23.5 Å². The largest absolute Gasteiger partial charge is 0.421 e. The van der Waals surface area contributed by atoms with Gasteiger partial charge in [0.15, 0.2) is 0 Å². The van der Waals surface area contributed by atoms with Gasteiger partial charge in [-0.25, -0.2) is 13.4 Å². The fraction of sp³-hybridized carbons (Fsp3) is 0.696. The average molecular weight is 545 g/mol. The van der Waals surface area contributed by atoms with E-state index >= 15 is 0 Å². The van der Waals surface area contributed by atoms with Crippen LogP contribution < -0.4 is 10.2 Å². The second kappa shape index (κ2) is 11.1. The zero-order valence-electron chi connectivity index (χ0n) is 21.4. The van der Waals surface area contributed by atoms with Crippen molar-refractivity contribution in [3.8, 4) is 0 Å². The van der Waals surface area contributed by atoms with Crippen LogP contribution in [0.3, 0.4) is 0 Å². The van der Waals surface area contributed by atoms with Gasteiger partial charge in [-0.05, 0) is 39.8 Å². The van der Waals surface area contributed by atoms with E-state index in [1.54, 1.807) is 11.9 Å². The van der Waals surface area contributed by atoms with Crippen LogP contribution >= 0.6 is 0 Å². The van der Waals surface area contributed by atoms with Gasteiger partial charge in [-0.3, -0.25) is 4.68 Å². The van der Waals surface area contributed by atoms with E-state index in [-0.39, 0.29) is 41.8 Å². The number of sulfonamides is 1. The lowest BCUT2D eigenvalue weighted by molar-refractivity contribution is -0.137. The summed E-state index contributed by atoms with van der Waals surface area (Å²) in [6.45, 7) is 1.59. The van der Waals surface area contributed by atoms with E-state index in [4.69, 9.17) is 0 Å². The lowest BCUT2D eigenvalue weighted by Gasteiger charge is -2.34. The Morgan fingerprint density at radius 3 is 2.32 bits per heavy atom. The Hall–Kier alpha value is -2.45. The van der Waals surface area contributed by atoms with Crippen LogP contribution in [0, 0.1) is 0 Å². The second-order valence-electron chi connectivity index (χ2n) is 10.0. The second-order valence-corrected chi connectivity index (χ2v) is 12.0. The van der Waals surface area contributed by atoms with Crippen LogP contribution in [0.25, 0.3) is 0 Å². The molecule has 2 aliphatic rings. The number of halogens is 3. The number of likely N-dealkylation sites (N-methyl/N-ethyl adjacent to an activating group) is 1. The number of alkyl halides is 3. The minimum atomic E-state index is -4.57. The standard InChI is InChI=1S/C23H35F3N8O2S/c1-31(2)12-13-34(18-6-4-5-7-18)21-20(23(24,25)26)15-27-22(30-21)29-17-8-10-33(11-9-17)37(35,36)19-14-28-32(3)16-19/h14-18H,4-13H2,1-3H3,(H,27,29,30). The fourth-order valence-corrected chi connectivity index (χ4v) is 6.41. The molecule has 1 saturated heterocycles. The molecule has 3 heterocycles. The molecule has 0 amide bonds. The molecule has 0 spiro atoms. The minimum absolute atomic E-state index is 0.00437. The van der Waals surface area contributed by atoms with Crippen molar-refractivity contribution in [2.24, 2.45) is 7.05 Å². The van der Waals surface area contributed by atoms with Crippen LogP contribution in [0.2, 0.25) is 0 Å². The van der Waals surface area contributed by atoms with Crippen LogP contribution in [0.1, 0.15) is 44.1 Å². The number of anilines is 2. The molecule has 2 fully saturated rings. The van der Waals surface area contributed by atoms with Crippen LogP contribution in [0.5, 0.6) is 0 Å². The van der Waals surface area contributed by atoms with Gasteiger partial charge in [0.1, 0.15) is 16.3 Å². The van der Waals surface area contributed by atoms with Crippen molar-refractivity contribution in [3.63, 3.8) is 0 Å². The fourth-order valence-electron chi connectivity index (χ4n) is 4.95. The molecule has 0 radical (unpaired) electrons. The molecular weight excluding hydrogens is 509 g/mol. The summed E-state index contributed by atoms with van der Waals surface area (Å²) in [5.74, 6) is 0.0414. The molecule has 1 aliphatic carbocycles. The van der Waals surface area contributed by atoms with Crippen molar-refractivity contribution in [2.45, 2.75) is 61.7 Å². The summed E-state index contributed by atoms with van der Waals surface area (Å²) in [5, 5.41) is 7.10. The molecule has 2 aromatic rings. The van der Waals surface area contributed by atoms with Crippen LogP contribution in [0.4, 0.5) is 24.9 Å². The molecule has 0 bridgehead atoms. The van der Waals surface area contributed by atoms with Gasteiger partial charge in [0.05, 0.1) is 6.20 Å². The van der Waals surface area contributed by atoms with Crippen molar-refractivity contribution in [3.05, 3.63) is 24.2 Å². The highest BCUT2D eigenvalue weighted by atomic mass is 32.2. The van der Waals surface area contributed by atoms with E-state index in [2.05, 4.69) is 20.4 Å². The summed E-state index contributed by atoms with van der Waals surface area (Å²) < 4.78 is 70.5. The van der Waals surface area contributed by atoms with E-state index in [0.717, 1.165) is 31.9 Å². The summed E-state index contributed by atoms with van der Waals surface area (Å²) in [6.07, 6.45) is 3.68. The van der Waals surface area contributed by atoms with Gasteiger partial charge >= 0.3 is 6.18 Å². The van der Waals surface area contributed by atoms with Crippen LogP contribution in [-0.4, -0.2) is 89.7 Å². The monoisotopic (exact) mass is 544 g/mol. The maximum absolute atomic E-state index is 14.0. The third kappa shape index (κ3) is 6.52. The van der Waals surface area contributed by atoms with Gasteiger partial charge in [-0.15, -0.1) is 0 Å². The van der Waals surface area contributed by atoms with Crippen molar-refractivity contribution in [1.29, 1.82) is 0 Å². The number of nitrogens with zero attached hydrogens (tertiary/aromatic N) is 7. The first-order valence-electron chi connectivity index (χ1n) is 12.6. The third-order valence-electron chi connectivity index (χ3n) is 7.01. The summed E-state index contributed by atoms with van der Waals surface area (Å²) in [6, 6.07) is -0.156. The Kier molecular flexibility index (Phi) is 8.29. The molecule has 1 N–H and O–H groups in total. The summed E-state index contributed by atoms with van der Waals surface area (Å²) in [5.41, 5.74) is -0.832. The Labute approximate surface area is 215 Å². The molecule has 0 aromatic carbocycles. The molecule has 1 saturated carbocycles. The van der Waals surface area contributed by atoms with Crippen molar-refractivity contribution in [1.82, 2.24) is 29.0 Å². The first-order valence-corrected chi connectivity index (χ1v) is 14.0. The Bertz CT molecular complexity index is 1160. The number of rotatable bonds is 9. The molecular formula is C23H35F3N8O2S. The number of piperidine rings is 1. The molecule has 4 rings (SSSR count). The van der Waals surface area contributed by atoms with Gasteiger partial charge in [0.25, 0.3) is 0 Å². The highest BCUT2D eigenvalue weighted by Gasteiger charge is 2.39. The SMILES string of the molecule is CN(C)CCN(c1nc(NC2CCN(S(=O)(=O)c3cnn(C)c3)CC2)ncc1C(F)(F)F)C1CCCC1. The van der Waals surface area contributed by atoms with Gasteiger partial charge in [0.2, 0.25) is 16.0 Å². The van der Waals surface area contributed by atoms with E-state index in [9.17, 15) is 21.6 Å². The summed E-state index contributed by atoms with van der Waals surface area (Å²) >= 11 is 0. The van der Waals surface area contributed by atoms with Gasteiger partial charge in [-0.1, -0.05) is 12.8 Å². The zero-order valence-corrected chi connectivity index (χ0v) is 22.3. The molecule has 206 valence electrons. The van der Waals surface area contributed by atoms with Gasteiger partial charge in [0, 0.05) is 57.7 Å². The lowest BCUT2D eigenvalue weighted by atomic mass is 10.1. The zero-order chi connectivity index (χ0) is 26.8.